The average molecular weight is 271 g/mol. The van der Waals surface area contributed by atoms with Crippen LogP contribution in [0, 0.1) is 6.92 Å². The largest absolute Gasteiger partial charge is 0.388 e. The van der Waals surface area contributed by atoms with Crippen molar-refractivity contribution in [2.45, 2.75) is 13.8 Å². The van der Waals surface area contributed by atoms with Crippen molar-refractivity contribution in [2.24, 2.45) is 5.73 Å². The Morgan fingerprint density at radius 1 is 1.26 bits per heavy atom. The summed E-state index contributed by atoms with van der Waals surface area (Å²) in [6, 6.07) is 14.1. The molecule has 0 radical (unpaired) electrons. The zero-order valence-electron chi connectivity index (χ0n) is 11.1. The van der Waals surface area contributed by atoms with Crippen LogP contribution >= 0.6 is 12.2 Å². The van der Waals surface area contributed by atoms with Gasteiger partial charge in [-0.15, -0.1) is 0 Å². The molecular formula is C15H17N3S. The summed E-state index contributed by atoms with van der Waals surface area (Å²) in [6.45, 7) is 5.00. The Morgan fingerprint density at radius 3 is 2.63 bits per heavy atom. The van der Waals surface area contributed by atoms with Crippen LogP contribution in [0.2, 0.25) is 0 Å². The number of nitrogens with two attached hydrogens (primary N) is 1. The van der Waals surface area contributed by atoms with E-state index in [-0.39, 0.29) is 0 Å². The highest BCUT2D eigenvalue weighted by atomic mass is 32.1. The second-order valence-electron chi connectivity index (χ2n) is 4.33. The van der Waals surface area contributed by atoms with Crippen LogP contribution in [0.15, 0.2) is 42.5 Å². The zero-order valence-corrected chi connectivity index (χ0v) is 11.9. The SMILES string of the molecule is CCN(c1cccc(C)c1)c1cccc(C(N)=S)n1. The third kappa shape index (κ3) is 3.09. The summed E-state index contributed by atoms with van der Waals surface area (Å²) in [5.74, 6) is 0.860. The van der Waals surface area contributed by atoms with Crippen LogP contribution < -0.4 is 10.6 Å². The van der Waals surface area contributed by atoms with Gasteiger partial charge in [0.05, 0.1) is 5.69 Å². The Hall–Kier alpha value is -1.94. The topological polar surface area (TPSA) is 42.1 Å². The minimum atomic E-state index is 0.321. The van der Waals surface area contributed by atoms with Gasteiger partial charge in [-0.25, -0.2) is 4.98 Å². The lowest BCUT2D eigenvalue weighted by Gasteiger charge is -2.22. The molecule has 1 heterocycles. The molecule has 19 heavy (non-hydrogen) atoms. The zero-order chi connectivity index (χ0) is 13.8. The van der Waals surface area contributed by atoms with Crippen LogP contribution in [-0.4, -0.2) is 16.5 Å². The lowest BCUT2D eigenvalue weighted by Crippen LogP contribution is -2.19. The second kappa shape index (κ2) is 5.80. The fraction of sp³-hybridized carbons (Fsp3) is 0.200. The molecule has 0 aliphatic heterocycles. The summed E-state index contributed by atoms with van der Waals surface area (Å²) in [7, 11) is 0. The minimum Gasteiger partial charge on any atom is -0.388 e. The normalized spacial score (nSPS) is 10.2. The van der Waals surface area contributed by atoms with Crippen molar-refractivity contribution in [1.29, 1.82) is 0 Å². The molecule has 0 saturated heterocycles. The number of benzene rings is 1. The third-order valence-corrected chi connectivity index (χ3v) is 3.10. The van der Waals surface area contributed by atoms with E-state index in [2.05, 4.69) is 41.9 Å². The molecule has 2 aromatic rings. The van der Waals surface area contributed by atoms with E-state index in [1.165, 1.54) is 5.56 Å². The molecule has 2 N–H and O–H groups in total. The van der Waals surface area contributed by atoms with E-state index in [0.717, 1.165) is 18.1 Å². The summed E-state index contributed by atoms with van der Waals surface area (Å²) in [5.41, 5.74) is 8.63. The van der Waals surface area contributed by atoms with Gasteiger partial charge in [0.25, 0.3) is 0 Å². The molecule has 0 spiro atoms. The predicted molar refractivity (Wildman–Crippen MR) is 84.0 cm³/mol. The Kier molecular flexibility index (Phi) is 4.12. The molecule has 0 atom stereocenters. The molecule has 0 saturated carbocycles. The van der Waals surface area contributed by atoms with Gasteiger partial charge < -0.3 is 10.6 Å². The number of hydrogen-bond donors (Lipinski definition) is 1. The van der Waals surface area contributed by atoms with Gasteiger partial charge in [0, 0.05) is 12.2 Å². The molecule has 1 aromatic carbocycles. The Labute approximate surface area is 119 Å². The van der Waals surface area contributed by atoms with E-state index < -0.39 is 0 Å². The number of pyridine rings is 1. The van der Waals surface area contributed by atoms with Gasteiger partial charge in [0.15, 0.2) is 0 Å². The Bertz CT molecular complexity index is 595. The van der Waals surface area contributed by atoms with Crippen molar-refractivity contribution in [2.75, 3.05) is 11.4 Å². The molecule has 3 nitrogen and oxygen atoms in total. The van der Waals surface area contributed by atoms with Crippen LogP contribution in [0.3, 0.4) is 0 Å². The lowest BCUT2D eigenvalue weighted by atomic mass is 10.2. The molecule has 0 amide bonds. The van der Waals surface area contributed by atoms with Crippen molar-refractivity contribution in [3.05, 3.63) is 53.7 Å². The van der Waals surface area contributed by atoms with Gasteiger partial charge in [-0.1, -0.05) is 30.4 Å². The molecule has 4 heteroatoms. The van der Waals surface area contributed by atoms with Crippen LogP contribution in [0.1, 0.15) is 18.2 Å². The molecule has 2 rings (SSSR count). The molecule has 0 fully saturated rings. The van der Waals surface area contributed by atoms with Gasteiger partial charge in [-0.3, -0.25) is 0 Å². The summed E-state index contributed by atoms with van der Waals surface area (Å²) < 4.78 is 0. The van der Waals surface area contributed by atoms with E-state index in [1.807, 2.05) is 24.3 Å². The maximum Gasteiger partial charge on any atom is 0.133 e. The summed E-state index contributed by atoms with van der Waals surface area (Å²) in [4.78, 5) is 6.96. The van der Waals surface area contributed by atoms with Crippen LogP contribution in [0.4, 0.5) is 11.5 Å². The fourth-order valence-electron chi connectivity index (χ4n) is 1.98. The maximum atomic E-state index is 5.64. The van der Waals surface area contributed by atoms with Gasteiger partial charge in [-0.05, 0) is 43.7 Å². The summed E-state index contributed by atoms with van der Waals surface area (Å²) >= 11 is 4.98. The molecule has 0 bridgehead atoms. The number of anilines is 2. The molecule has 0 aliphatic rings. The third-order valence-electron chi connectivity index (χ3n) is 2.89. The molecule has 0 unspecified atom stereocenters. The van der Waals surface area contributed by atoms with E-state index >= 15 is 0 Å². The van der Waals surface area contributed by atoms with Gasteiger partial charge >= 0.3 is 0 Å². The first-order valence-electron chi connectivity index (χ1n) is 6.23. The van der Waals surface area contributed by atoms with Crippen molar-refractivity contribution in [3.63, 3.8) is 0 Å². The second-order valence-corrected chi connectivity index (χ2v) is 4.77. The molecule has 1 aromatic heterocycles. The quantitative estimate of drug-likeness (QED) is 0.867. The van der Waals surface area contributed by atoms with E-state index in [0.29, 0.717) is 10.7 Å². The average Bonchev–Trinajstić information content (AvgIpc) is 2.40. The number of thiocarbonyl (C=S) groups is 1. The Morgan fingerprint density at radius 2 is 2.00 bits per heavy atom. The summed E-state index contributed by atoms with van der Waals surface area (Å²) in [6.07, 6.45) is 0. The first-order valence-corrected chi connectivity index (χ1v) is 6.63. The van der Waals surface area contributed by atoms with Gasteiger partial charge in [-0.2, -0.15) is 0 Å². The highest BCUT2D eigenvalue weighted by Crippen LogP contribution is 2.24. The first kappa shape index (κ1) is 13.5. The number of aryl methyl sites for hydroxylation is 1. The van der Waals surface area contributed by atoms with Crippen molar-refractivity contribution in [3.8, 4) is 0 Å². The number of rotatable bonds is 4. The lowest BCUT2D eigenvalue weighted by molar-refractivity contribution is 0.986. The Balaban J connectivity index is 2.42. The highest BCUT2D eigenvalue weighted by molar-refractivity contribution is 7.80. The van der Waals surface area contributed by atoms with Gasteiger partial charge in [0.2, 0.25) is 0 Å². The van der Waals surface area contributed by atoms with Crippen molar-refractivity contribution >= 4 is 28.7 Å². The van der Waals surface area contributed by atoms with Gasteiger partial charge in [0.1, 0.15) is 10.8 Å². The van der Waals surface area contributed by atoms with E-state index in [1.54, 1.807) is 0 Å². The predicted octanol–water partition coefficient (Wildman–Crippen LogP) is 3.18. The smallest absolute Gasteiger partial charge is 0.133 e. The molecule has 0 aliphatic carbocycles. The van der Waals surface area contributed by atoms with E-state index in [9.17, 15) is 0 Å². The standard InChI is InChI=1S/C15H17N3S/c1-3-18(12-7-4-6-11(2)10-12)14-9-5-8-13(17-14)15(16)19/h4-10H,3H2,1-2H3,(H2,16,19). The van der Waals surface area contributed by atoms with Crippen LogP contribution in [-0.2, 0) is 0 Å². The fourth-order valence-corrected chi connectivity index (χ4v) is 2.10. The molecule has 98 valence electrons. The van der Waals surface area contributed by atoms with Crippen LogP contribution in [0.25, 0.3) is 0 Å². The summed E-state index contributed by atoms with van der Waals surface area (Å²) in [5, 5.41) is 0. The number of nitrogens with zero attached hydrogens (tertiary/aromatic N) is 2. The maximum absolute atomic E-state index is 5.64. The van der Waals surface area contributed by atoms with E-state index in [4.69, 9.17) is 18.0 Å². The van der Waals surface area contributed by atoms with Crippen LogP contribution in [0.5, 0.6) is 0 Å². The highest BCUT2D eigenvalue weighted by Gasteiger charge is 2.10. The number of hydrogen-bond acceptors (Lipinski definition) is 3. The first-order chi connectivity index (χ1) is 9.11. The van der Waals surface area contributed by atoms with Crippen molar-refractivity contribution in [1.82, 2.24) is 4.98 Å². The monoisotopic (exact) mass is 271 g/mol. The van der Waals surface area contributed by atoms with Crippen molar-refractivity contribution < 1.29 is 0 Å². The minimum absolute atomic E-state index is 0.321. The number of aromatic nitrogens is 1. The molecular weight excluding hydrogens is 254 g/mol.